The number of hydrogen-bond donors (Lipinski definition) is 4. The highest BCUT2D eigenvalue weighted by molar-refractivity contribution is 5.67. The zero-order valence-corrected chi connectivity index (χ0v) is 41.5. The van der Waals surface area contributed by atoms with Crippen molar-refractivity contribution >= 4 is 17.9 Å². The van der Waals surface area contributed by atoms with Gasteiger partial charge >= 0.3 is 17.9 Å². The Kier molecular flexibility index (Phi) is 14.7. The molecule has 0 aromatic carbocycles. The highest BCUT2D eigenvalue weighted by Crippen LogP contribution is 2.72. The minimum absolute atomic E-state index is 0.0542. The summed E-state index contributed by atoms with van der Waals surface area (Å²) in [6.45, 7) is 23.2. The number of rotatable bonds is 11. The van der Waals surface area contributed by atoms with Gasteiger partial charge in [-0.05, 0) is 207 Å². The number of esters is 1. The van der Waals surface area contributed by atoms with Gasteiger partial charge in [-0.3, -0.25) is 14.4 Å². The molecule has 8 saturated carbocycles. The maximum Gasteiger partial charge on any atom is 0.303 e. The average Bonchev–Trinajstić information content (AvgIpc) is 3.77. The summed E-state index contributed by atoms with van der Waals surface area (Å²) < 4.78 is 6.30. The van der Waals surface area contributed by atoms with Crippen LogP contribution in [-0.2, 0) is 19.1 Å². The Balaban J connectivity index is 0.000000190. The van der Waals surface area contributed by atoms with E-state index in [1.165, 1.54) is 70.6 Å². The molecule has 0 radical (unpaired) electrons. The molecule has 0 amide bonds. The lowest BCUT2D eigenvalue weighted by Crippen LogP contribution is -2.62. The summed E-state index contributed by atoms with van der Waals surface area (Å²) in [6.07, 6.45) is 20.3. The summed E-state index contributed by atoms with van der Waals surface area (Å²) in [5, 5.41) is 40.5. The van der Waals surface area contributed by atoms with Gasteiger partial charge in [0.2, 0.25) is 0 Å². The number of fused-ring (bicyclic) bond motifs is 10. The molecule has 63 heavy (non-hydrogen) atoms. The van der Waals surface area contributed by atoms with Crippen LogP contribution in [0.4, 0.5) is 0 Å². The van der Waals surface area contributed by atoms with Crippen molar-refractivity contribution in [2.24, 2.45) is 110 Å². The molecule has 8 rings (SSSR count). The van der Waals surface area contributed by atoms with E-state index in [9.17, 15) is 29.7 Å². The molecular weight excluding hydrogens is 789 g/mol. The van der Waals surface area contributed by atoms with Crippen molar-refractivity contribution < 1.29 is 39.5 Å². The number of hydrogen-bond acceptors (Lipinski definition) is 6. The van der Waals surface area contributed by atoms with E-state index in [2.05, 4.69) is 62.3 Å². The van der Waals surface area contributed by atoms with Crippen molar-refractivity contribution in [2.45, 2.75) is 216 Å². The Bertz CT molecular complexity index is 1630. The highest BCUT2D eigenvalue weighted by Gasteiger charge is 2.67. The average molecular weight is 881 g/mol. The molecule has 0 bridgehead atoms. The van der Waals surface area contributed by atoms with E-state index < -0.39 is 11.9 Å². The van der Waals surface area contributed by atoms with Crippen molar-refractivity contribution in [2.75, 3.05) is 0 Å². The predicted octanol–water partition coefficient (Wildman–Crippen LogP) is 12.1. The third-order valence-electron chi connectivity index (χ3n) is 22.5. The second-order valence-corrected chi connectivity index (χ2v) is 25.1. The minimum Gasteiger partial charge on any atom is -0.481 e. The number of ether oxygens (including phenoxy) is 1. The maximum atomic E-state index is 12.4. The first kappa shape index (κ1) is 49.2. The number of carboxylic acids is 2. The van der Waals surface area contributed by atoms with Gasteiger partial charge in [0.1, 0.15) is 6.10 Å². The second-order valence-electron chi connectivity index (χ2n) is 25.1. The van der Waals surface area contributed by atoms with Crippen LogP contribution in [-0.4, -0.2) is 56.6 Å². The van der Waals surface area contributed by atoms with Gasteiger partial charge in [-0.25, -0.2) is 0 Å². The number of carboxylic acid groups (broad SMARTS) is 2. The predicted molar refractivity (Wildman–Crippen MR) is 248 cm³/mol. The second kappa shape index (κ2) is 18.8. The number of aliphatic carboxylic acids is 2. The summed E-state index contributed by atoms with van der Waals surface area (Å²) in [6, 6.07) is 0. The lowest BCUT2D eigenvalue weighted by molar-refractivity contribution is -0.213. The maximum absolute atomic E-state index is 12.4. The van der Waals surface area contributed by atoms with Gasteiger partial charge in [0.15, 0.2) is 0 Å². The van der Waals surface area contributed by atoms with Crippen molar-refractivity contribution in [3.63, 3.8) is 0 Å². The largest absolute Gasteiger partial charge is 0.481 e. The van der Waals surface area contributed by atoms with Crippen molar-refractivity contribution in [1.29, 1.82) is 0 Å². The summed E-state index contributed by atoms with van der Waals surface area (Å²) in [5.74, 6) is 6.40. The lowest BCUT2D eigenvalue weighted by atomic mass is 9.41. The molecule has 0 aromatic heterocycles. The first-order valence-electron chi connectivity index (χ1n) is 26.6. The molecule has 0 aromatic rings. The van der Waals surface area contributed by atoms with Gasteiger partial charge in [0, 0.05) is 25.7 Å². The van der Waals surface area contributed by atoms with Crippen LogP contribution in [0.15, 0.2) is 0 Å². The van der Waals surface area contributed by atoms with E-state index in [-0.39, 0.29) is 53.4 Å². The molecule has 0 unspecified atom stereocenters. The fourth-order valence-corrected chi connectivity index (χ4v) is 19.5. The van der Waals surface area contributed by atoms with Crippen LogP contribution in [0.5, 0.6) is 0 Å². The molecule has 22 atom stereocenters. The van der Waals surface area contributed by atoms with Gasteiger partial charge in [-0.15, -0.1) is 0 Å². The molecule has 8 aliphatic carbocycles. The first-order chi connectivity index (χ1) is 29.7. The van der Waals surface area contributed by atoms with Crippen LogP contribution >= 0.6 is 0 Å². The Morgan fingerprint density at radius 2 is 1.03 bits per heavy atom. The van der Waals surface area contributed by atoms with Crippen LogP contribution in [0.25, 0.3) is 0 Å². The molecule has 8 aliphatic rings. The van der Waals surface area contributed by atoms with Crippen molar-refractivity contribution in [3.8, 4) is 0 Å². The Hall–Kier alpha value is -1.67. The van der Waals surface area contributed by atoms with Gasteiger partial charge in [0.25, 0.3) is 0 Å². The van der Waals surface area contributed by atoms with Crippen molar-refractivity contribution in [3.05, 3.63) is 0 Å². The zero-order chi connectivity index (χ0) is 46.0. The summed E-state index contributed by atoms with van der Waals surface area (Å²) >= 11 is 0. The standard InChI is InChI=1S/C29H48O4.C26H44O4/c1-7-20-24-16-17(2)12-14-29(24,6)23-13-15-28(5)21(18(3)8-11-25(31)32)9-10-22(28)26(23)27(20)33-19(4)30;1-5-17-21-14-16(27)10-12-26(21,4)20-11-13-25(3)18(15(2)6-9-22(28)29)7-8-19(25)23(20)24(17)30/h17-18,20-24,26-27H,7-16H2,1-6H3,(H,31,32);15-21,23-24,27,30H,5-14H2,1-4H3,(H,28,29)/t17-,18-,20-,21-,22+,23+,24+,26+,27-,28-,29-;15-,16-,17-,18-,19+,20+,21+,23+,24-,25-,26-/m11/s1. The van der Waals surface area contributed by atoms with Crippen LogP contribution in [0.1, 0.15) is 198 Å². The fraction of sp³-hybridized carbons (Fsp3) is 0.945. The van der Waals surface area contributed by atoms with Gasteiger partial charge < -0.3 is 25.2 Å². The third-order valence-corrected chi connectivity index (χ3v) is 22.5. The first-order valence-corrected chi connectivity index (χ1v) is 26.6. The van der Waals surface area contributed by atoms with E-state index in [0.717, 1.165) is 50.9 Å². The Morgan fingerprint density at radius 3 is 1.52 bits per heavy atom. The topological polar surface area (TPSA) is 141 Å². The van der Waals surface area contributed by atoms with E-state index in [1.54, 1.807) is 6.92 Å². The monoisotopic (exact) mass is 881 g/mol. The fourth-order valence-electron chi connectivity index (χ4n) is 19.5. The summed E-state index contributed by atoms with van der Waals surface area (Å²) in [5.41, 5.74) is 1.08. The van der Waals surface area contributed by atoms with Gasteiger partial charge in [-0.1, -0.05) is 75.2 Å². The lowest BCUT2D eigenvalue weighted by Gasteiger charge is -2.65. The molecule has 8 nitrogen and oxygen atoms in total. The molecule has 0 aliphatic heterocycles. The SMILES string of the molecule is CC[C@H]1[C@@H](O)[C@@H]2[C@H](CC[C@]3(C)[C@@H]([C@H](C)CCC(=O)O)CC[C@@H]23)[C@@]2(C)CC[C@@H](O)C[C@@H]12.CC[C@H]1[C@@H](OC(C)=O)[C@@H]2[C@H](CC[C@]3(C)[C@@H]([C@H](C)CCC(=O)O)CC[C@@H]23)[C@@]2(C)CC[C@@H](C)C[C@@H]12. The number of aliphatic hydroxyl groups excluding tert-OH is 2. The molecule has 0 saturated heterocycles. The highest BCUT2D eigenvalue weighted by atomic mass is 16.5. The number of carbonyl (C=O) groups excluding carboxylic acids is 1. The molecule has 8 heteroatoms. The Labute approximate surface area is 382 Å². The molecular formula is C55H92O8. The van der Waals surface area contributed by atoms with Gasteiger partial charge in [-0.2, -0.15) is 0 Å². The number of carbonyl (C=O) groups is 3. The van der Waals surface area contributed by atoms with Crippen LogP contribution in [0.2, 0.25) is 0 Å². The summed E-state index contributed by atoms with van der Waals surface area (Å²) in [7, 11) is 0. The quantitative estimate of drug-likeness (QED) is 0.150. The van der Waals surface area contributed by atoms with Crippen LogP contribution in [0.3, 0.4) is 0 Å². The zero-order valence-electron chi connectivity index (χ0n) is 41.5. The van der Waals surface area contributed by atoms with E-state index >= 15 is 0 Å². The summed E-state index contributed by atoms with van der Waals surface area (Å²) in [4.78, 5) is 34.7. The van der Waals surface area contributed by atoms with E-state index in [0.29, 0.717) is 88.3 Å². The van der Waals surface area contributed by atoms with E-state index in [4.69, 9.17) is 9.84 Å². The molecule has 360 valence electrons. The van der Waals surface area contributed by atoms with Crippen LogP contribution < -0.4 is 0 Å². The normalized spacial score (nSPS) is 49.5. The molecule has 8 fully saturated rings. The molecule has 0 spiro atoms. The number of aliphatic hydroxyl groups is 2. The molecule has 0 heterocycles. The van der Waals surface area contributed by atoms with Gasteiger partial charge in [0.05, 0.1) is 12.2 Å². The van der Waals surface area contributed by atoms with Crippen molar-refractivity contribution in [1.82, 2.24) is 0 Å². The molecule has 4 N–H and O–H groups in total. The Morgan fingerprint density at radius 1 is 0.587 bits per heavy atom. The minimum atomic E-state index is -0.683. The van der Waals surface area contributed by atoms with Crippen LogP contribution in [0, 0.1) is 110 Å². The van der Waals surface area contributed by atoms with E-state index in [1.807, 2.05) is 0 Å². The third kappa shape index (κ3) is 8.62. The smallest absolute Gasteiger partial charge is 0.303 e.